The molecule has 3 N–H and O–H groups in total. The van der Waals surface area contributed by atoms with Crippen LogP contribution in [0.4, 0.5) is 0 Å². The molecule has 0 radical (unpaired) electrons. The van der Waals surface area contributed by atoms with Crippen molar-refractivity contribution < 1.29 is 14.7 Å². The first kappa shape index (κ1) is 14.5. The van der Waals surface area contributed by atoms with Gasteiger partial charge in [0.05, 0.1) is 5.92 Å². The normalized spacial score (nSPS) is 20.9. The summed E-state index contributed by atoms with van der Waals surface area (Å²) < 4.78 is 0. The van der Waals surface area contributed by atoms with E-state index in [0.29, 0.717) is 13.0 Å². The molecule has 1 aromatic rings. The van der Waals surface area contributed by atoms with E-state index < -0.39 is 12.0 Å². The minimum absolute atomic E-state index is 0.193. The number of carboxylic acid groups (broad SMARTS) is 1. The quantitative estimate of drug-likeness (QED) is 0.863. The Bertz CT molecular complexity index is 528. The molecule has 0 bridgehead atoms. The zero-order valence-electron chi connectivity index (χ0n) is 11.7. The maximum absolute atomic E-state index is 12.4. The molecule has 0 saturated carbocycles. The largest absolute Gasteiger partial charge is 0.480 e. The van der Waals surface area contributed by atoms with Gasteiger partial charge in [-0.25, -0.2) is 4.79 Å². The van der Waals surface area contributed by atoms with E-state index in [1.165, 1.54) is 4.90 Å². The zero-order chi connectivity index (χ0) is 14.9. The summed E-state index contributed by atoms with van der Waals surface area (Å²) in [7, 11) is 0. The Morgan fingerprint density at radius 2 is 1.90 bits per heavy atom. The number of hydrogen-bond acceptors (Lipinski definition) is 3. The number of carbonyl (C=O) groups excluding carboxylic acids is 1. The summed E-state index contributed by atoms with van der Waals surface area (Å²) in [5.74, 6) is -1.55. The van der Waals surface area contributed by atoms with Crippen LogP contribution >= 0.6 is 0 Å². The van der Waals surface area contributed by atoms with Gasteiger partial charge in [0.15, 0.2) is 0 Å². The lowest BCUT2D eigenvalue weighted by molar-refractivity contribution is -0.153. The van der Waals surface area contributed by atoms with E-state index in [1.807, 2.05) is 24.3 Å². The number of amides is 1. The SMILES string of the molecule is CC(N)C(C)C(=O)N1Cc2ccccc2CC1C(=O)O. The second kappa shape index (κ2) is 5.63. The molecule has 108 valence electrons. The first-order chi connectivity index (χ1) is 9.41. The Hall–Kier alpha value is -1.88. The molecule has 0 spiro atoms. The van der Waals surface area contributed by atoms with Crippen LogP contribution in [0.5, 0.6) is 0 Å². The van der Waals surface area contributed by atoms with Crippen molar-refractivity contribution in [1.82, 2.24) is 4.90 Å². The minimum Gasteiger partial charge on any atom is -0.480 e. The highest BCUT2D eigenvalue weighted by Crippen LogP contribution is 2.25. The third-order valence-electron chi connectivity index (χ3n) is 3.99. The van der Waals surface area contributed by atoms with Gasteiger partial charge in [-0.1, -0.05) is 31.2 Å². The average molecular weight is 276 g/mol. The lowest BCUT2D eigenvalue weighted by atomic mass is 9.92. The maximum atomic E-state index is 12.4. The molecule has 20 heavy (non-hydrogen) atoms. The van der Waals surface area contributed by atoms with Crippen LogP contribution in [0.3, 0.4) is 0 Å². The van der Waals surface area contributed by atoms with Gasteiger partial charge in [0.2, 0.25) is 5.91 Å². The van der Waals surface area contributed by atoms with Crippen molar-refractivity contribution in [1.29, 1.82) is 0 Å². The third kappa shape index (κ3) is 2.67. The highest BCUT2D eigenvalue weighted by atomic mass is 16.4. The molecular formula is C15H20N2O3. The van der Waals surface area contributed by atoms with Crippen LogP contribution in [0, 0.1) is 5.92 Å². The van der Waals surface area contributed by atoms with Crippen molar-refractivity contribution in [3.63, 3.8) is 0 Å². The molecule has 1 aliphatic rings. The smallest absolute Gasteiger partial charge is 0.326 e. The van der Waals surface area contributed by atoms with Crippen LogP contribution in [-0.2, 0) is 22.6 Å². The van der Waals surface area contributed by atoms with Crippen molar-refractivity contribution in [2.45, 2.75) is 38.9 Å². The second-order valence-corrected chi connectivity index (χ2v) is 5.44. The van der Waals surface area contributed by atoms with Crippen molar-refractivity contribution in [3.8, 4) is 0 Å². The fraction of sp³-hybridized carbons (Fsp3) is 0.467. The van der Waals surface area contributed by atoms with Crippen molar-refractivity contribution >= 4 is 11.9 Å². The monoisotopic (exact) mass is 276 g/mol. The van der Waals surface area contributed by atoms with E-state index in [1.54, 1.807) is 13.8 Å². The van der Waals surface area contributed by atoms with E-state index in [9.17, 15) is 14.7 Å². The molecular weight excluding hydrogens is 256 g/mol. The standard InChI is InChI=1S/C15H20N2O3/c1-9(10(2)16)14(18)17-8-12-6-4-3-5-11(12)7-13(17)15(19)20/h3-6,9-10,13H,7-8,16H2,1-2H3,(H,19,20). The van der Waals surface area contributed by atoms with Crippen molar-refractivity contribution in [2.24, 2.45) is 11.7 Å². The molecule has 1 amide bonds. The van der Waals surface area contributed by atoms with Gasteiger partial charge in [-0.2, -0.15) is 0 Å². The number of nitrogens with zero attached hydrogens (tertiary/aromatic N) is 1. The fourth-order valence-electron chi connectivity index (χ4n) is 2.46. The number of rotatable bonds is 3. The highest BCUT2D eigenvalue weighted by molar-refractivity contribution is 5.86. The molecule has 1 aromatic carbocycles. The van der Waals surface area contributed by atoms with Crippen LogP contribution in [0.2, 0.25) is 0 Å². The predicted molar refractivity (Wildman–Crippen MR) is 74.9 cm³/mol. The van der Waals surface area contributed by atoms with E-state index >= 15 is 0 Å². The van der Waals surface area contributed by atoms with E-state index in [0.717, 1.165) is 11.1 Å². The van der Waals surface area contributed by atoms with Crippen LogP contribution < -0.4 is 5.73 Å². The molecule has 2 rings (SSSR count). The van der Waals surface area contributed by atoms with Crippen LogP contribution in [-0.4, -0.2) is 34.0 Å². The molecule has 0 fully saturated rings. The molecule has 3 unspecified atom stereocenters. The molecule has 1 heterocycles. The van der Waals surface area contributed by atoms with Gasteiger partial charge in [0.25, 0.3) is 0 Å². The number of carboxylic acids is 1. The first-order valence-electron chi connectivity index (χ1n) is 6.77. The summed E-state index contributed by atoms with van der Waals surface area (Å²) in [4.78, 5) is 25.3. The lowest BCUT2D eigenvalue weighted by Crippen LogP contribution is -2.52. The van der Waals surface area contributed by atoms with Gasteiger partial charge in [0, 0.05) is 19.0 Å². The Morgan fingerprint density at radius 1 is 1.30 bits per heavy atom. The lowest BCUT2D eigenvalue weighted by Gasteiger charge is -2.36. The average Bonchev–Trinajstić information content (AvgIpc) is 2.44. The molecule has 5 nitrogen and oxygen atoms in total. The van der Waals surface area contributed by atoms with Gasteiger partial charge in [-0.3, -0.25) is 4.79 Å². The number of nitrogens with two attached hydrogens (primary N) is 1. The van der Waals surface area contributed by atoms with Crippen LogP contribution in [0.15, 0.2) is 24.3 Å². The minimum atomic E-state index is -0.968. The number of fused-ring (bicyclic) bond motifs is 1. The van der Waals surface area contributed by atoms with E-state index in [-0.39, 0.29) is 17.9 Å². The second-order valence-electron chi connectivity index (χ2n) is 5.44. The fourth-order valence-corrected chi connectivity index (χ4v) is 2.46. The third-order valence-corrected chi connectivity index (χ3v) is 3.99. The summed E-state index contributed by atoms with van der Waals surface area (Å²) in [5.41, 5.74) is 7.77. The summed E-state index contributed by atoms with van der Waals surface area (Å²) >= 11 is 0. The summed E-state index contributed by atoms with van der Waals surface area (Å²) in [6.07, 6.45) is 0.350. The highest BCUT2D eigenvalue weighted by Gasteiger charge is 2.36. The Labute approximate surface area is 118 Å². The molecule has 0 saturated heterocycles. The van der Waals surface area contributed by atoms with Gasteiger partial charge < -0.3 is 15.7 Å². The van der Waals surface area contributed by atoms with Gasteiger partial charge in [-0.15, -0.1) is 0 Å². The Balaban J connectivity index is 2.31. The number of carbonyl (C=O) groups is 2. The molecule has 5 heteroatoms. The van der Waals surface area contributed by atoms with Gasteiger partial charge in [0.1, 0.15) is 6.04 Å². The zero-order valence-corrected chi connectivity index (χ0v) is 11.7. The Morgan fingerprint density at radius 3 is 2.45 bits per heavy atom. The number of aliphatic carboxylic acids is 1. The van der Waals surface area contributed by atoms with Crippen LogP contribution in [0.25, 0.3) is 0 Å². The van der Waals surface area contributed by atoms with Gasteiger partial charge >= 0.3 is 5.97 Å². The summed E-state index contributed by atoms with van der Waals surface area (Å²) in [6, 6.07) is 6.54. The Kier molecular flexibility index (Phi) is 4.09. The summed E-state index contributed by atoms with van der Waals surface area (Å²) in [5, 5.41) is 9.38. The van der Waals surface area contributed by atoms with E-state index in [4.69, 9.17) is 5.73 Å². The maximum Gasteiger partial charge on any atom is 0.326 e. The van der Waals surface area contributed by atoms with Crippen LogP contribution in [0.1, 0.15) is 25.0 Å². The first-order valence-corrected chi connectivity index (χ1v) is 6.77. The summed E-state index contributed by atoms with van der Waals surface area (Å²) in [6.45, 7) is 3.84. The topological polar surface area (TPSA) is 83.6 Å². The van der Waals surface area contributed by atoms with E-state index in [2.05, 4.69) is 0 Å². The molecule has 0 aromatic heterocycles. The van der Waals surface area contributed by atoms with Gasteiger partial charge in [-0.05, 0) is 18.1 Å². The predicted octanol–water partition coefficient (Wildman–Crippen LogP) is 1.01. The molecule has 1 aliphatic heterocycles. The van der Waals surface area contributed by atoms with Crippen molar-refractivity contribution in [3.05, 3.63) is 35.4 Å². The molecule has 3 atom stereocenters. The van der Waals surface area contributed by atoms with Crippen molar-refractivity contribution in [2.75, 3.05) is 0 Å². The number of benzene rings is 1. The molecule has 0 aliphatic carbocycles. The number of hydrogen-bond donors (Lipinski definition) is 2.